The average Bonchev–Trinajstić information content (AvgIpc) is 3.33. The molecule has 1 unspecified atom stereocenters. The van der Waals surface area contributed by atoms with Gasteiger partial charge in [0.2, 0.25) is 5.91 Å². The van der Waals surface area contributed by atoms with E-state index >= 15 is 0 Å². The first kappa shape index (κ1) is 18.0. The van der Waals surface area contributed by atoms with Crippen LogP contribution in [0.5, 0.6) is 0 Å². The Bertz CT molecular complexity index is 889. The summed E-state index contributed by atoms with van der Waals surface area (Å²) in [4.78, 5) is 39.6. The fraction of sp³-hybridized carbons (Fsp3) is 0.250. The van der Waals surface area contributed by atoms with Crippen molar-refractivity contribution in [2.45, 2.75) is 18.9 Å². The first-order chi connectivity index (χ1) is 13.1. The molecule has 27 heavy (non-hydrogen) atoms. The number of nitrogens with zero attached hydrogens (tertiary/aromatic N) is 1. The van der Waals surface area contributed by atoms with Crippen LogP contribution in [0.15, 0.2) is 52.7 Å². The molecule has 2 fully saturated rings. The molecule has 1 atom stereocenters. The van der Waals surface area contributed by atoms with E-state index in [-0.39, 0.29) is 18.5 Å². The standard InChI is InChI=1S/C20H18N2O3S2/c23-17(21-18(14-8-9-14)13-5-2-1-3-6-13)12-22-19(24)16(27-20(22)25)11-15-7-4-10-26-15/h1-7,10-11,14,18H,8-9,12H2,(H,21,23)/b16-11-. The first-order valence-corrected chi connectivity index (χ1v) is 10.4. The molecule has 1 aliphatic carbocycles. The zero-order valence-electron chi connectivity index (χ0n) is 14.5. The third-order valence-electron chi connectivity index (χ3n) is 4.56. The molecule has 1 aromatic heterocycles. The summed E-state index contributed by atoms with van der Waals surface area (Å²) in [5, 5.41) is 4.52. The molecule has 1 N–H and O–H groups in total. The van der Waals surface area contributed by atoms with Crippen molar-refractivity contribution in [3.05, 3.63) is 63.2 Å². The summed E-state index contributed by atoms with van der Waals surface area (Å²) in [7, 11) is 0. The number of carbonyl (C=O) groups excluding carboxylic acids is 3. The van der Waals surface area contributed by atoms with Gasteiger partial charge in [-0.3, -0.25) is 19.3 Å². The van der Waals surface area contributed by atoms with Gasteiger partial charge in [-0.05, 0) is 53.6 Å². The largest absolute Gasteiger partial charge is 0.347 e. The predicted octanol–water partition coefficient (Wildman–Crippen LogP) is 4.05. The van der Waals surface area contributed by atoms with Crippen LogP contribution in [-0.2, 0) is 9.59 Å². The van der Waals surface area contributed by atoms with Crippen LogP contribution in [0.25, 0.3) is 6.08 Å². The van der Waals surface area contributed by atoms with E-state index < -0.39 is 11.1 Å². The molecule has 0 spiro atoms. The van der Waals surface area contributed by atoms with Gasteiger partial charge in [-0.15, -0.1) is 11.3 Å². The van der Waals surface area contributed by atoms with E-state index in [1.54, 1.807) is 6.08 Å². The first-order valence-electron chi connectivity index (χ1n) is 8.75. The number of thiophene rings is 1. The molecule has 1 saturated heterocycles. The molecule has 0 bridgehead atoms. The van der Waals surface area contributed by atoms with E-state index in [0.717, 1.165) is 39.9 Å². The number of thioether (sulfide) groups is 1. The fourth-order valence-electron chi connectivity index (χ4n) is 3.06. The van der Waals surface area contributed by atoms with Gasteiger partial charge in [-0.2, -0.15) is 0 Å². The number of imide groups is 1. The Hall–Kier alpha value is -2.38. The highest BCUT2D eigenvalue weighted by Gasteiger charge is 2.38. The van der Waals surface area contributed by atoms with Crippen molar-refractivity contribution in [1.29, 1.82) is 0 Å². The highest BCUT2D eigenvalue weighted by molar-refractivity contribution is 8.18. The van der Waals surface area contributed by atoms with Gasteiger partial charge in [0.05, 0.1) is 10.9 Å². The molecule has 7 heteroatoms. The highest BCUT2D eigenvalue weighted by Crippen LogP contribution is 2.41. The van der Waals surface area contributed by atoms with Gasteiger partial charge in [0.25, 0.3) is 11.1 Å². The Balaban J connectivity index is 1.43. The van der Waals surface area contributed by atoms with E-state index in [1.165, 1.54) is 11.3 Å². The number of hydrogen-bond donors (Lipinski definition) is 1. The van der Waals surface area contributed by atoms with E-state index in [0.29, 0.717) is 10.8 Å². The molecule has 0 radical (unpaired) electrons. The summed E-state index contributed by atoms with van der Waals surface area (Å²) >= 11 is 2.37. The summed E-state index contributed by atoms with van der Waals surface area (Å²) in [5.41, 5.74) is 1.06. The second-order valence-electron chi connectivity index (χ2n) is 6.58. The number of rotatable bonds is 6. The van der Waals surface area contributed by atoms with Crippen molar-refractivity contribution in [3.63, 3.8) is 0 Å². The van der Waals surface area contributed by atoms with E-state index in [9.17, 15) is 14.4 Å². The lowest BCUT2D eigenvalue weighted by Crippen LogP contribution is -2.41. The number of amides is 3. The zero-order chi connectivity index (χ0) is 18.8. The lowest BCUT2D eigenvalue weighted by molar-refractivity contribution is -0.129. The van der Waals surface area contributed by atoms with Crippen molar-refractivity contribution in [2.24, 2.45) is 5.92 Å². The fourth-order valence-corrected chi connectivity index (χ4v) is 4.63. The summed E-state index contributed by atoms with van der Waals surface area (Å²) in [5.74, 6) is -0.295. The highest BCUT2D eigenvalue weighted by atomic mass is 32.2. The van der Waals surface area contributed by atoms with Crippen molar-refractivity contribution in [1.82, 2.24) is 10.2 Å². The minimum Gasteiger partial charge on any atom is -0.347 e. The average molecular weight is 399 g/mol. The molecule has 1 aromatic carbocycles. The molecule has 1 aliphatic heterocycles. The molecule has 138 valence electrons. The Kier molecular flexibility index (Phi) is 5.13. The summed E-state index contributed by atoms with van der Waals surface area (Å²) < 4.78 is 0. The van der Waals surface area contributed by atoms with E-state index in [1.807, 2.05) is 47.8 Å². The maximum atomic E-state index is 12.5. The minimum absolute atomic E-state index is 0.0692. The normalized spacial score (nSPS) is 19.6. The Morgan fingerprint density at radius 2 is 1.96 bits per heavy atom. The number of hydrogen-bond acceptors (Lipinski definition) is 5. The Labute approximate surface area is 165 Å². The van der Waals surface area contributed by atoms with Crippen molar-refractivity contribution in [2.75, 3.05) is 6.54 Å². The van der Waals surface area contributed by atoms with E-state index in [4.69, 9.17) is 0 Å². The van der Waals surface area contributed by atoms with Crippen LogP contribution in [0.1, 0.15) is 29.3 Å². The maximum absolute atomic E-state index is 12.5. The molecule has 1 saturated carbocycles. The van der Waals surface area contributed by atoms with Crippen LogP contribution >= 0.6 is 23.1 Å². The molecule has 2 heterocycles. The summed E-state index contributed by atoms with van der Waals surface area (Å²) in [6.45, 7) is -0.248. The van der Waals surface area contributed by atoms with Crippen LogP contribution in [0.3, 0.4) is 0 Å². The monoisotopic (exact) mass is 398 g/mol. The topological polar surface area (TPSA) is 66.5 Å². The van der Waals surface area contributed by atoms with E-state index in [2.05, 4.69) is 5.32 Å². The van der Waals surface area contributed by atoms with Crippen molar-refractivity contribution >= 4 is 46.2 Å². The second-order valence-corrected chi connectivity index (χ2v) is 8.55. The van der Waals surface area contributed by atoms with Crippen LogP contribution in [0.2, 0.25) is 0 Å². The molecule has 2 aromatic rings. The van der Waals surface area contributed by atoms with Gasteiger partial charge in [0, 0.05) is 4.88 Å². The van der Waals surface area contributed by atoms with Gasteiger partial charge in [0.1, 0.15) is 6.54 Å². The maximum Gasteiger partial charge on any atom is 0.294 e. The van der Waals surface area contributed by atoms with Crippen molar-refractivity contribution in [3.8, 4) is 0 Å². The summed E-state index contributed by atoms with van der Waals surface area (Å²) in [6.07, 6.45) is 3.85. The molecule has 5 nitrogen and oxygen atoms in total. The van der Waals surface area contributed by atoms with Gasteiger partial charge in [-0.25, -0.2) is 0 Å². The second kappa shape index (κ2) is 7.70. The van der Waals surface area contributed by atoms with Gasteiger partial charge in [0.15, 0.2) is 0 Å². The lowest BCUT2D eigenvalue weighted by atomic mass is 10.0. The SMILES string of the molecule is O=C(CN1C(=O)S/C(=C\c2cccs2)C1=O)NC(c1ccccc1)C1CC1. The third kappa shape index (κ3) is 4.14. The van der Waals surface area contributed by atoms with Gasteiger partial charge < -0.3 is 5.32 Å². The molecular formula is C20H18N2O3S2. The van der Waals surface area contributed by atoms with Crippen LogP contribution in [0.4, 0.5) is 4.79 Å². The minimum atomic E-state index is -0.406. The number of nitrogens with one attached hydrogen (secondary N) is 1. The van der Waals surface area contributed by atoms with Crippen molar-refractivity contribution < 1.29 is 14.4 Å². The molecule has 3 amide bonds. The predicted molar refractivity (Wildman–Crippen MR) is 107 cm³/mol. The summed E-state index contributed by atoms with van der Waals surface area (Å²) in [6, 6.07) is 13.5. The van der Waals surface area contributed by atoms with Crippen LogP contribution < -0.4 is 5.32 Å². The third-order valence-corrected chi connectivity index (χ3v) is 6.29. The Morgan fingerprint density at radius 1 is 1.19 bits per heavy atom. The quantitative estimate of drug-likeness (QED) is 0.746. The number of benzene rings is 1. The van der Waals surface area contributed by atoms with Gasteiger partial charge >= 0.3 is 0 Å². The molecule has 4 rings (SSSR count). The Morgan fingerprint density at radius 3 is 2.63 bits per heavy atom. The smallest absolute Gasteiger partial charge is 0.294 e. The molecule has 2 aliphatic rings. The van der Waals surface area contributed by atoms with Crippen LogP contribution in [0, 0.1) is 5.92 Å². The zero-order valence-corrected chi connectivity index (χ0v) is 16.1. The molecular weight excluding hydrogens is 380 g/mol. The lowest BCUT2D eigenvalue weighted by Gasteiger charge is -2.20. The van der Waals surface area contributed by atoms with Gasteiger partial charge in [-0.1, -0.05) is 36.4 Å². The van der Waals surface area contributed by atoms with Crippen LogP contribution in [-0.4, -0.2) is 28.5 Å². The number of carbonyl (C=O) groups is 3.